The SMILES string of the molecule is CCn1c(C(C)NC(=O)c2n[nH]c(C(C)C)c2Br)nc2ccccc21. The molecule has 0 bridgehead atoms. The van der Waals surface area contributed by atoms with Crippen molar-refractivity contribution in [1.29, 1.82) is 0 Å². The molecule has 2 aromatic heterocycles. The molecule has 0 aliphatic carbocycles. The molecule has 2 heterocycles. The van der Waals surface area contributed by atoms with E-state index in [1.807, 2.05) is 45.0 Å². The van der Waals surface area contributed by atoms with Crippen molar-refractivity contribution >= 4 is 32.9 Å². The highest BCUT2D eigenvalue weighted by atomic mass is 79.9. The highest BCUT2D eigenvalue weighted by Gasteiger charge is 2.23. The standard InChI is InChI=1S/C18H22BrN5O/c1-5-24-13-9-7-6-8-12(13)21-17(24)11(4)20-18(25)16-14(19)15(10(2)3)22-23-16/h6-11H,5H2,1-4H3,(H,20,25)(H,22,23). The molecule has 25 heavy (non-hydrogen) atoms. The van der Waals surface area contributed by atoms with Crippen LogP contribution in [0.4, 0.5) is 0 Å². The lowest BCUT2D eigenvalue weighted by atomic mass is 10.1. The maximum atomic E-state index is 12.6. The number of imidazole rings is 1. The fourth-order valence-electron chi connectivity index (χ4n) is 2.96. The minimum atomic E-state index is -0.231. The number of para-hydroxylation sites is 2. The number of halogens is 1. The molecule has 2 N–H and O–H groups in total. The molecule has 1 amide bonds. The Kier molecular flexibility index (Phi) is 4.94. The van der Waals surface area contributed by atoms with Crippen molar-refractivity contribution in [3.05, 3.63) is 46.0 Å². The Balaban J connectivity index is 1.87. The van der Waals surface area contributed by atoms with Crippen molar-refractivity contribution in [3.8, 4) is 0 Å². The van der Waals surface area contributed by atoms with Crippen LogP contribution in [0.3, 0.4) is 0 Å². The van der Waals surface area contributed by atoms with Gasteiger partial charge in [0.05, 0.1) is 27.2 Å². The van der Waals surface area contributed by atoms with Crippen molar-refractivity contribution in [2.45, 2.75) is 46.2 Å². The largest absolute Gasteiger partial charge is 0.341 e. The van der Waals surface area contributed by atoms with Crippen molar-refractivity contribution in [1.82, 2.24) is 25.1 Å². The van der Waals surface area contributed by atoms with Crippen molar-refractivity contribution < 1.29 is 4.79 Å². The normalized spacial score (nSPS) is 12.7. The van der Waals surface area contributed by atoms with E-state index < -0.39 is 0 Å². The number of aromatic nitrogens is 4. The number of aromatic amines is 1. The minimum absolute atomic E-state index is 0.225. The predicted molar refractivity (Wildman–Crippen MR) is 102 cm³/mol. The fraction of sp³-hybridized carbons (Fsp3) is 0.389. The number of amides is 1. The highest BCUT2D eigenvalue weighted by Crippen LogP contribution is 2.26. The number of carbonyl (C=O) groups is 1. The number of benzene rings is 1. The first kappa shape index (κ1) is 17.7. The summed E-state index contributed by atoms with van der Waals surface area (Å²) in [4.78, 5) is 17.3. The maximum Gasteiger partial charge on any atom is 0.273 e. The van der Waals surface area contributed by atoms with Gasteiger partial charge >= 0.3 is 0 Å². The molecule has 3 rings (SSSR count). The van der Waals surface area contributed by atoms with E-state index in [9.17, 15) is 4.79 Å². The number of aryl methyl sites for hydroxylation is 1. The summed E-state index contributed by atoms with van der Waals surface area (Å²) < 4.78 is 2.84. The van der Waals surface area contributed by atoms with Crippen LogP contribution in [0, 0.1) is 0 Å². The van der Waals surface area contributed by atoms with Gasteiger partial charge in [0, 0.05) is 6.54 Å². The second-order valence-corrected chi connectivity index (χ2v) is 7.15. The smallest absolute Gasteiger partial charge is 0.273 e. The summed E-state index contributed by atoms with van der Waals surface area (Å²) in [6.07, 6.45) is 0. The maximum absolute atomic E-state index is 12.6. The number of rotatable bonds is 5. The van der Waals surface area contributed by atoms with Gasteiger partial charge in [-0.15, -0.1) is 0 Å². The molecule has 1 aromatic carbocycles. The third-order valence-electron chi connectivity index (χ3n) is 4.26. The van der Waals surface area contributed by atoms with Gasteiger partial charge in [0.1, 0.15) is 5.82 Å². The summed E-state index contributed by atoms with van der Waals surface area (Å²) >= 11 is 3.48. The van der Waals surface area contributed by atoms with Gasteiger partial charge in [-0.05, 0) is 47.8 Å². The van der Waals surface area contributed by atoms with Crippen LogP contribution in [-0.2, 0) is 6.54 Å². The minimum Gasteiger partial charge on any atom is -0.341 e. The molecule has 0 aliphatic heterocycles. The molecule has 0 radical (unpaired) electrons. The molecule has 0 saturated carbocycles. The van der Waals surface area contributed by atoms with E-state index in [4.69, 9.17) is 4.98 Å². The molecular weight excluding hydrogens is 382 g/mol. The predicted octanol–water partition coefficient (Wildman–Crippen LogP) is 4.16. The van der Waals surface area contributed by atoms with E-state index in [-0.39, 0.29) is 17.9 Å². The molecule has 7 heteroatoms. The lowest BCUT2D eigenvalue weighted by molar-refractivity contribution is 0.0932. The number of carbonyl (C=O) groups excluding carboxylic acids is 1. The number of hydrogen-bond acceptors (Lipinski definition) is 3. The van der Waals surface area contributed by atoms with E-state index in [1.54, 1.807) is 0 Å². The Bertz CT molecular complexity index is 911. The van der Waals surface area contributed by atoms with Gasteiger partial charge in [-0.3, -0.25) is 9.89 Å². The third kappa shape index (κ3) is 3.20. The highest BCUT2D eigenvalue weighted by molar-refractivity contribution is 9.10. The van der Waals surface area contributed by atoms with Crippen LogP contribution in [0.5, 0.6) is 0 Å². The number of nitrogens with one attached hydrogen (secondary N) is 2. The van der Waals surface area contributed by atoms with Gasteiger partial charge in [0.15, 0.2) is 5.69 Å². The van der Waals surface area contributed by atoms with E-state index in [2.05, 4.69) is 42.9 Å². The van der Waals surface area contributed by atoms with Crippen LogP contribution in [0.1, 0.15) is 61.7 Å². The Morgan fingerprint density at radius 3 is 2.68 bits per heavy atom. The summed E-state index contributed by atoms with van der Waals surface area (Å²) in [5.74, 6) is 0.871. The van der Waals surface area contributed by atoms with Crippen LogP contribution < -0.4 is 5.32 Å². The molecule has 0 fully saturated rings. The van der Waals surface area contributed by atoms with Crippen LogP contribution >= 0.6 is 15.9 Å². The van der Waals surface area contributed by atoms with Gasteiger partial charge in [-0.2, -0.15) is 5.10 Å². The molecule has 0 spiro atoms. The molecule has 1 unspecified atom stereocenters. The topological polar surface area (TPSA) is 75.6 Å². The van der Waals surface area contributed by atoms with Crippen LogP contribution in [0.25, 0.3) is 11.0 Å². The number of nitrogens with zero attached hydrogens (tertiary/aromatic N) is 3. The number of H-pyrrole nitrogens is 1. The first-order valence-corrected chi connectivity index (χ1v) is 9.23. The number of hydrogen-bond donors (Lipinski definition) is 2. The summed E-state index contributed by atoms with van der Waals surface area (Å²) in [5, 5.41) is 10.1. The fourth-order valence-corrected chi connectivity index (χ4v) is 3.78. The summed E-state index contributed by atoms with van der Waals surface area (Å²) in [5.41, 5.74) is 3.29. The molecule has 1 atom stereocenters. The lowest BCUT2D eigenvalue weighted by Crippen LogP contribution is -2.29. The van der Waals surface area contributed by atoms with Crippen molar-refractivity contribution in [2.75, 3.05) is 0 Å². The second kappa shape index (κ2) is 7.00. The zero-order valence-corrected chi connectivity index (χ0v) is 16.4. The Morgan fingerprint density at radius 2 is 2.04 bits per heavy atom. The Hall–Kier alpha value is -2.15. The molecule has 3 aromatic rings. The Morgan fingerprint density at radius 1 is 1.32 bits per heavy atom. The molecule has 6 nitrogen and oxygen atoms in total. The lowest BCUT2D eigenvalue weighted by Gasteiger charge is -2.14. The van der Waals surface area contributed by atoms with Gasteiger partial charge in [-0.25, -0.2) is 4.98 Å². The van der Waals surface area contributed by atoms with Crippen molar-refractivity contribution in [2.24, 2.45) is 0 Å². The van der Waals surface area contributed by atoms with E-state index in [0.29, 0.717) is 5.69 Å². The average Bonchev–Trinajstić information content (AvgIpc) is 3.15. The van der Waals surface area contributed by atoms with Gasteiger partial charge < -0.3 is 9.88 Å². The third-order valence-corrected chi connectivity index (χ3v) is 5.06. The first-order valence-electron chi connectivity index (χ1n) is 8.43. The monoisotopic (exact) mass is 403 g/mol. The van der Waals surface area contributed by atoms with Crippen LogP contribution in [0.15, 0.2) is 28.7 Å². The second-order valence-electron chi connectivity index (χ2n) is 6.35. The molecule has 0 aliphatic rings. The van der Waals surface area contributed by atoms with E-state index in [0.717, 1.165) is 33.6 Å². The molecule has 0 saturated heterocycles. The average molecular weight is 404 g/mol. The molecular formula is C18H22BrN5O. The Labute approximate surface area is 155 Å². The summed E-state index contributed by atoms with van der Waals surface area (Å²) in [6.45, 7) is 8.90. The van der Waals surface area contributed by atoms with Crippen molar-refractivity contribution in [3.63, 3.8) is 0 Å². The van der Waals surface area contributed by atoms with Gasteiger partial charge in [-0.1, -0.05) is 26.0 Å². The number of fused-ring (bicyclic) bond motifs is 1. The summed E-state index contributed by atoms with van der Waals surface area (Å²) in [7, 11) is 0. The first-order chi connectivity index (χ1) is 11.9. The van der Waals surface area contributed by atoms with E-state index >= 15 is 0 Å². The van der Waals surface area contributed by atoms with Crippen LogP contribution in [-0.4, -0.2) is 25.7 Å². The zero-order chi connectivity index (χ0) is 18.1. The zero-order valence-electron chi connectivity index (χ0n) is 14.8. The van der Waals surface area contributed by atoms with E-state index in [1.165, 1.54) is 0 Å². The van der Waals surface area contributed by atoms with Gasteiger partial charge in [0.25, 0.3) is 5.91 Å². The van der Waals surface area contributed by atoms with Crippen LogP contribution in [0.2, 0.25) is 0 Å². The quantitative estimate of drug-likeness (QED) is 0.671. The summed E-state index contributed by atoms with van der Waals surface area (Å²) in [6, 6.07) is 7.77. The van der Waals surface area contributed by atoms with Gasteiger partial charge in [0.2, 0.25) is 0 Å². The molecule has 132 valence electrons.